The van der Waals surface area contributed by atoms with E-state index in [0.717, 1.165) is 12.8 Å². The number of likely N-dealkylation sites (tertiary alicyclic amines) is 1. The van der Waals surface area contributed by atoms with Crippen LogP contribution in [0.25, 0.3) is 0 Å². The van der Waals surface area contributed by atoms with E-state index in [-0.39, 0.29) is 18.0 Å². The molecule has 0 aromatic carbocycles. The first-order chi connectivity index (χ1) is 10.6. The van der Waals surface area contributed by atoms with Crippen LogP contribution in [0.5, 0.6) is 6.01 Å². The molecule has 2 aromatic heterocycles. The highest BCUT2D eigenvalue weighted by molar-refractivity contribution is 9.10. The van der Waals surface area contributed by atoms with Crippen molar-refractivity contribution < 1.29 is 13.9 Å². The average molecular weight is 387 g/mol. The van der Waals surface area contributed by atoms with Crippen LogP contribution in [-0.4, -0.2) is 40.0 Å². The van der Waals surface area contributed by atoms with Crippen LogP contribution in [0.3, 0.4) is 0 Å². The maximum absolute atomic E-state index is 12.4. The quantitative estimate of drug-likeness (QED) is 0.810. The van der Waals surface area contributed by atoms with Gasteiger partial charge in [0.2, 0.25) is 0 Å². The van der Waals surface area contributed by atoms with E-state index in [2.05, 4.69) is 25.9 Å². The van der Waals surface area contributed by atoms with Crippen molar-refractivity contribution in [3.05, 3.63) is 40.0 Å². The van der Waals surface area contributed by atoms with Crippen molar-refractivity contribution in [3.8, 4) is 6.01 Å². The number of nitrogens with zero attached hydrogens (tertiary/aromatic N) is 3. The summed E-state index contributed by atoms with van der Waals surface area (Å²) in [6.45, 7) is 1.15. The Morgan fingerprint density at radius 1 is 1.41 bits per heavy atom. The molecule has 0 aliphatic carbocycles. The van der Waals surface area contributed by atoms with Crippen LogP contribution in [0.4, 0.5) is 0 Å². The predicted octanol–water partition coefficient (Wildman–Crippen LogP) is 3.17. The summed E-state index contributed by atoms with van der Waals surface area (Å²) in [5.41, 5.74) is 0. The monoisotopic (exact) mass is 385 g/mol. The van der Waals surface area contributed by atoms with Crippen molar-refractivity contribution in [2.45, 2.75) is 18.9 Å². The highest BCUT2D eigenvalue weighted by Gasteiger charge is 2.27. The van der Waals surface area contributed by atoms with Crippen molar-refractivity contribution in [2.75, 3.05) is 13.1 Å². The molecule has 0 radical (unpaired) electrons. The normalized spacial score (nSPS) is 18.3. The second kappa shape index (κ2) is 6.66. The molecular weight excluding hydrogens is 374 g/mol. The fourth-order valence-corrected chi connectivity index (χ4v) is 2.72. The second-order valence-corrected chi connectivity index (χ2v) is 6.14. The SMILES string of the molecule is O=C(c1ccc(Br)o1)N1CCC[C@H](Oc2ncc(Cl)cn2)C1. The topological polar surface area (TPSA) is 68.5 Å². The van der Waals surface area contributed by atoms with E-state index in [1.54, 1.807) is 17.0 Å². The lowest BCUT2D eigenvalue weighted by Crippen LogP contribution is -2.44. The number of halogens is 2. The van der Waals surface area contributed by atoms with E-state index in [1.807, 2.05) is 0 Å². The Labute approximate surface area is 140 Å². The third kappa shape index (κ3) is 3.59. The number of furan rings is 1. The fraction of sp³-hybridized carbons (Fsp3) is 0.357. The summed E-state index contributed by atoms with van der Waals surface area (Å²) in [7, 11) is 0. The number of hydrogen-bond acceptors (Lipinski definition) is 5. The van der Waals surface area contributed by atoms with Crippen LogP contribution >= 0.6 is 27.5 Å². The second-order valence-electron chi connectivity index (χ2n) is 4.92. The van der Waals surface area contributed by atoms with Crippen molar-refractivity contribution >= 4 is 33.4 Å². The van der Waals surface area contributed by atoms with Gasteiger partial charge in [0.1, 0.15) is 6.10 Å². The maximum atomic E-state index is 12.4. The number of hydrogen-bond donors (Lipinski definition) is 0. The molecular formula is C14H13BrClN3O3. The maximum Gasteiger partial charge on any atom is 0.316 e. The number of piperidine rings is 1. The third-order valence-electron chi connectivity index (χ3n) is 3.32. The van der Waals surface area contributed by atoms with Gasteiger partial charge in [0.15, 0.2) is 10.4 Å². The highest BCUT2D eigenvalue weighted by Crippen LogP contribution is 2.20. The number of amides is 1. The molecule has 1 saturated heterocycles. The molecule has 8 heteroatoms. The molecule has 0 bridgehead atoms. The van der Waals surface area contributed by atoms with Gasteiger partial charge in [0.05, 0.1) is 24.0 Å². The zero-order chi connectivity index (χ0) is 15.5. The zero-order valence-corrected chi connectivity index (χ0v) is 13.9. The lowest BCUT2D eigenvalue weighted by Gasteiger charge is -2.31. The van der Waals surface area contributed by atoms with Crippen LogP contribution in [-0.2, 0) is 0 Å². The molecule has 1 fully saturated rings. The van der Waals surface area contributed by atoms with Gasteiger partial charge >= 0.3 is 6.01 Å². The predicted molar refractivity (Wildman–Crippen MR) is 83.0 cm³/mol. The van der Waals surface area contributed by atoms with Gasteiger partial charge in [0, 0.05) is 6.54 Å². The summed E-state index contributed by atoms with van der Waals surface area (Å²) >= 11 is 8.94. The number of carbonyl (C=O) groups is 1. The van der Waals surface area contributed by atoms with E-state index in [4.69, 9.17) is 20.8 Å². The molecule has 6 nitrogen and oxygen atoms in total. The van der Waals surface area contributed by atoms with Gasteiger partial charge in [-0.2, -0.15) is 0 Å². The van der Waals surface area contributed by atoms with Crippen molar-refractivity contribution in [1.29, 1.82) is 0 Å². The summed E-state index contributed by atoms with van der Waals surface area (Å²) in [6.07, 6.45) is 4.52. The first-order valence-electron chi connectivity index (χ1n) is 6.80. The molecule has 2 aromatic rings. The van der Waals surface area contributed by atoms with E-state index >= 15 is 0 Å². The first kappa shape index (κ1) is 15.3. The minimum atomic E-state index is -0.143. The first-order valence-corrected chi connectivity index (χ1v) is 7.98. The lowest BCUT2D eigenvalue weighted by molar-refractivity contribution is 0.0488. The van der Waals surface area contributed by atoms with Crippen LogP contribution < -0.4 is 4.74 Å². The lowest BCUT2D eigenvalue weighted by atomic mass is 10.1. The highest BCUT2D eigenvalue weighted by atomic mass is 79.9. The van der Waals surface area contributed by atoms with E-state index in [0.29, 0.717) is 28.5 Å². The van der Waals surface area contributed by atoms with Gasteiger partial charge in [-0.15, -0.1) is 0 Å². The summed E-state index contributed by atoms with van der Waals surface area (Å²) in [6, 6.07) is 3.62. The van der Waals surface area contributed by atoms with Gasteiger partial charge in [0.25, 0.3) is 5.91 Å². The third-order valence-corrected chi connectivity index (χ3v) is 3.94. The van der Waals surface area contributed by atoms with Gasteiger partial charge < -0.3 is 14.1 Å². The van der Waals surface area contributed by atoms with Crippen LogP contribution in [0.2, 0.25) is 5.02 Å². The average Bonchev–Trinajstić information content (AvgIpc) is 2.96. The molecule has 1 amide bonds. The number of aromatic nitrogens is 2. The molecule has 1 aliphatic heterocycles. The number of carbonyl (C=O) groups excluding carboxylic acids is 1. The summed E-state index contributed by atoms with van der Waals surface area (Å²) in [5, 5.41) is 0.455. The molecule has 0 saturated carbocycles. The molecule has 1 atom stereocenters. The van der Waals surface area contributed by atoms with Crippen molar-refractivity contribution in [1.82, 2.24) is 14.9 Å². The van der Waals surface area contributed by atoms with Gasteiger partial charge in [-0.05, 0) is 40.9 Å². The molecule has 3 heterocycles. The smallest absolute Gasteiger partial charge is 0.316 e. The van der Waals surface area contributed by atoms with Gasteiger partial charge in [-0.25, -0.2) is 9.97 Å². The Hall–Kier alpha value is -1.60. The number of rotatable bonds is 3. The fourth-order valence-electron chi connectivity index (χ4n) is 2.31. The van der Waals surface area contributed by atoms with Crippen LogP contribution in [0.1, 0.15) is 23.4 Å². The molecule has 3 rings (SSSR count). The Morgan fingerprint density at radius 2 is 2.18 bits per heavy atom. The molecule has 116 valence electrons. The Bertz CT molecular complexity index is 662. The minimum Gasteiger partial charge on any atom is -0.458 e. The van der Waals surface area contributed by atoms with Crippen LogP contribution in [0.15, 0.2) is 33.6 Å². The van der Waals surface area contributed by atoms with Crippen molar-refractivity contribution in [3.63, 3.8) is 0 Å². The molecule has 0 N–H and O–H groups in total. The van der Waals surface area contributed by atoms with Crippen LogP contribution in [0, 0.1) is 0 Å². The molecule has 0 unspecified atom stereocenters. The summed E-state index contributed by atoms with van der Waals surface area (Å²) < 4.78 is 11.6. The minimum absolute atomic E-state index is 0.141. The van der Waals surface area contributed by atoms with Gasteiger partial charge in [-0.3, -0.25) is 4.79 Å². The zero-order valence-electron chi connectivity index (χ0n) is 11.5. The Kier molecular flexibility index (Phi) is 4.63. The van der Waals surface area contributed by atoms with E-state index < -0.39 is 0 Å². The molecule has 22 heavy (non-hydrogen) atoms. The molecule has 0 spiro atoms. The standard InChI is InChI=1S/C14H13BrClN3O3/c15-12-4-3-11(22-12)13(20)19-5-1-2-10(8-19)21-14-17-6-9(16)7-18-14/h3-4,6-7,10H,1-2,5,8H2/t10-/m0/s1. The largest absolute Gasteiger partial charge is 0.458 e. The van der Waals surface area contributed by atoms with E-state index in [9.17, 15) is 4.79 Å². The summed E-state index contributed by atoms with van der Waals surface area (Å²) in [5.74, 6) is 0.172. The van der Waals surface area contributed by atoms with Crippen molar-refractivity contribution in [2.24, 2.45) is 0 Å². The van der Waals surface area contributed by atoms with E-state index in [1.165, 1.54) is 12.4 Å². The molecule has 1 aliphatic rings. The summed E-state index contributed by atoms with van der Waals surface area (Å²) in [4.78, 5) is 22.1. The number of ether oxygens (including phenoxy) is 1. The Morgan fingerprint density at radius 3 is 2.86 bits per heavy atom. The Balaban J connectivity index is 1.63. The van der Waals surface area contributed by atoms with Gasteiger partial charge in [-0.1, -0.05) is 11.6 Å².